The van der Waals surface area contributed by atoms with Gasteiger partial charge >= 0.3 is 0 Å². The van der Waals surface area contributed by atoms with E-state index in [1.807, 2.05) is 6.92 Å². The molecule has 108 valence electrons. The molecule has 1 aromatic rings. The van der Waals surface area contributed by atoms with Gasteiger partial charge in [0.15, 0.2) is 0 Å². The van der Waals surface area contributed by atoms with Crippen molar-refractivity contribution in [3.05, 3.63) is 28.2 Å². The number of nitrogens with two attached hydrogens (primary N) is 1. The highest BCUT2D eigenvalue weighted by atomic mass is 79.9. The van der Waals surface area contributed by atoms with Crippen molar-refractivity contribution in [3.63, 3.8) is 0 Å². The molecule has 0 aromatic heterocycles. The molecule has 1 atom stereocenters. The minimum absolute atomic E-state index is 0.0474. The number of halogens is 1. The van der Waals surface area contributed by atoms with Gasteiger partial charge in [0.05, 0.1) is 0 Å². The van der Waals surface area contributed by atoms with Crippen molar-refractivity contribution in [2.24, 2.45) is 5.73 Å². The zero-order valence-corrected chi connectivity index (χ0v) is 14.1. The Bertz CT molecular complexity index is 391. The molecule has 19 heavy (non-hydrogen) atoms. The molecule has 0 saturated carbocycles. The molecule has 1 aromatic carbocycles. The largest absolute Gasteiger partial charge is 0.370 e. The highest BCUT2D eigenvalue weighted by Gasteiger charge is 2.13. The Labute approximate surface area is 125 Å². The standard InChI is InChI=1S/C15H26BrN3/c1-5-8-19(10-9-18(3)4)15-7-6-13(16)11-14(15)12(2)17/h6-7,11-12H,5,8-10,17H2,1-4H3. The summed E-state index contributed by atoms with van der Waals surface area (Å²) in [7, 11) is 4.22. The van der Waals surface area contributed by atoms with Gasteiger partial charge in [0.25, 0.3) is 0 Å². The Kier molecular flexibility index (Phi) is 6.83. The lowest BCUT2D eigenvalue weighted by Crippen LogP contribution is -2.33. The van der Waals surface area contributed by atoms with Crippen molar-refractivity contribution >= 4 is 21.6 Å². The maximum Gasteiger partial charge on any atom is 0.0415 e. The molecule has 1 rings (SSSR count). The Morgan fingerprint density at radius 1 is 1.21 bits per heavy atom. The first-order valence-corrected chi connectivity index (χ1v) is 7.69. The van der Waals surface area contributed by atoms with Gasteiger partial charge in [0, 0.05) is 35.8 Å². The molecular weight excluding hydrogens is 302 g/mol. The second kappa shape index (κ2) is 7.88. The fourth-order valence-corrected chi connectivity index (χ4v) is 2.50. The van der Waals surface area contributed by atoms with E-state index in [0.717, 1.165) is 30.5 Å². The third-order valence-electron chi connectivity index (χ3n) is 3.13. The second-order valence-corrected chi connectivity index (χ2v) is 6.20. The van der Waals surface area contributed by atoms with Crippen LogP contribution in [0, 0.1) is 0 Å². The van der Waals surface area contributed by atoms with E-state index in [4.69, 9.17) is 5.73 Å². The van der Waals surface area contributed by atoms with E-state index in [0.29, 0.717) is 0 Å². The molecule has 0 aliphatic rings. The third kappa shape index (κ3) is 5.13. The molecule has 0 spiro atoms. The van der Waals surface area contributed by atoms with Crippen LogP contribution < -0.4 is 10.6 Å². The molecule has 0 amide bonds. The Balaban J connectivity index is 3.00. The number of rotatable bonds is 7. The quantitative estimate of drug-likeness (QED) is 0.834. The van der Waals surface area contributed by atoms with Gasteiger partial charge < -0.3 is 15.5 Å². The third-order valence-corrected chi connectivity index (χ3v) is 3.62. The van der Waals surface area contributed by atoms with Crippen molar-refractivity contribution in [2.75, 3.05) is 38.6 Å². The monoisotopic (exact) mass is 327 g/mol. The predicted octanol–water partition coefficient (Wildman–Crippen LogP) is 3.25. The van der Waals surface area contributed by atoms with Crippen LogP contribution in [0.5, 0.6) is 0 Å². The summed E-state index contributed by atoms with van der Waals surface area (Å²) in [6.07, 6.45) is 1.14. The van der Waals surface area contributed by atoms with Crippen LogP contribution in [0.2, 0.25) is 0 Å². The summed E-state index contributed by atoms with van der Waals surface area (Å²) < 4.78 is 1.09. The summed E-state index contributed by atoms with van der Waals surface area (Å²) in [4.78, 5) is 4.65. The number of nitrogens with zero attached hydrogens (tertiary/aromatic N) is 2. The van der Waals surface area contributed by atoms with Gasteiger partial charge in [-0.05, 0) is 51.2 Å². The molecule has 0 bridgehead atoms. The highest BCUT2D eigenvalue weighted by molar-refractivity contribution is 9.10. The van der Waals surface area contributed by atoms with Crippen molar-refractivity contribution in [1.29, 1.82) is 0 Å². The van der Waals surface area contributed by atoms with E-state index in [1.165, 1.54) is 11.3 Å². The van der Waals surface area contributed by atoms with Crippen LogP contribution in [-0.4, -0.2) is 38.6 Å². The maximum absolute atomic E-state index is 6.12. The van der Waals surface area contributed by atoms with Crippen molar-refractivity contribution < 1.29 is 0 Å². The summed E-state index contributed by atoms with van der Waals surface area (Å²) in [5, 5.41) is 0. The van der Waals surface area contributed by atoms with Crippen molar-refractivity contribution in [3.8, 4) is 0 Å². The number of hydrogen-bond donors (Lipinski definition) is 1. The molecule has 0 fully saturated rings. The van der Waals surface area contributed by atoms with E-state index < -0.39 is 0 Å². The fourth-order valence-electron chi connectivity index (χ4n) is 2.12. The Hall–Kier alpha value is -0.580. The number of likely N-dealkylation sites (N-methyl/N-ethyl adjacent to an activating group) is 1. The maximum atomic E-state index is 6.12. The summed E-state index contributed by atoms with van der Waals surface area (Å²) in [5.74, 6) is 0. The average molecular weight is 328 g/mol. The van der Waals surface area contributed by atoms with Crippen LogP contribution in [0.15, 0.2) is 22.7 Å². The molecule has 3 nitrogen and oxygen atoms in total. The number of benzene rings is 1. The molecule has 0 aliphatic heterocycles. The van der Waals surface area contributed by atoms with E-state index in [9.17, 15) is 0 Å². The lowest BCUT2D eigenvalue weighted by atomic mass is 10.1. The van der Waals surface area contributed by atoms with Crippen molar-refractivity contribution in [1.82, 2.24) is 4.90 Å². The van der Waals surface area contributed by atoms with Crippen LogP contribution >= 0.6 is 15.9 Å². The molecule has 0 heterocycles. The van der Waals surface area contributed by atoms with E-state index in [-0.39, 0.29) is 6.04 Å². The lowest BCUT2D eigenvalue weighted by molar-refractivity contribution is 0.412. The first-order chi connectivity index (χ1) is 8.95. The topological polar surface area (TPSA) is 32.5 Å². The summed E-state index contributed by atoms with van der Waals surface area (Å²) in [5.41, 5.74) is 8.59. The Morgan fingerprint density at radius 2 is 1.89 bits per heavy atom. The van der Waals surface area contributed by atoms with Gasteiger partial charge in [0.1, 0.15) is 0 Å². The summed E-state index contributed by atoms with van der Waals surface area (Å²) in [6, 6.07) is 6.46. The molecular formula is C15H26BrN3. The predicted molar refractivity (Wildman–Crippen MR) is 87.8 cm³/mol. The first kappa shape index (κ1) is 16.5. The van der Waals surface area contributed by atoms with Gasteiger partial charge in [-0.2, -0.15) is 0 Å². The van der Waals surface area contributed by atoms with E-state index in [2.05, 4.69) is 64.9 Å². The average Bonchev–Trinajstić information content (AvgIpc) is 2.34. The van der Waals surface area contributed by atoms with Crippen molar-refractivity contribution in [2.45, 2.75) is 26.3 Å². The fraction of sp³-hybridized carbons (Fsp3) is 0.600. The molecule has 0 aliphatic carbocycles. The van der Waals surface area contributed by atoms with E-state index >= 15 is 0 Å². The molecule has 4 heteroatoms. The smallest absolute Gasteiger partial charge is 0.0415 e. The SMILES string of the molecule is CCCN(CCN(C)C)c1ccc(Br)cc1C(C)N. The van der Waals surface area contributed by atoms with Crippen LogP contribution in [0.4, 0.5) is 5.69 Å². The zero-order chi connectivity index (χ0) is 14.4. The second-order valence-electron chi connectivity index (χ2n) is 5.28. The minimum atomic E-state index is 0.0474. The molecule has 0 saturated heterocycles. The minimum Gasteiger partial charge on any atom is -0.370 e. The van der Waals surface area contributed by atoms with Crippen LogP contribution in [0.25, 0.3) is 0 Å². The molecule has 0 radical (unpaired) electrons. The van der Waals surface area contributed by atoms with Crippen LogP contribution in [-0.2, 0) is 0 Å². The normalized spacial score (nSPS) is 12.8. The number of hydrogen-bond acceptors (Lipinski definition) is 3. The van der Waals surface area contributed by atoms with Gasteiger partial charge in [-0.3, -0.25) is 0 Å². The van der Waals surface area contributed by atoms with Gasteiger partial charge in [0.2, 0.25) is 0 Å². The van der Waals surface area contributed by atoms with Gasteiger partial charge in [-0.1, -0.05) is 22.9 Å². The lowest BCUT2D eigenvalue weighted by Gasteiger charge is -2.29. The number of anilines is 1. The van der Waals surface area contributed by atoms with Gasteiger partial charge in [-0.15, -0.1) is 0 Å². The van der Waals surface area contributed by atoms with E-state index in [1.54, 1.807) is 0 Å². The van der Waals surface area contributed by atoms with Crippen LogP contribution in [0.1, 0.15) is 31.9 Å². The molecule has 1 unspecified atom stereocenters. The summed E-state index contributed by atoms with van der Waals surface area (Å²) >= 11 is 3.53. The van der Waals surface area contributed by atoms with Gasteiger partial charge in [-0.25, -0.2) is 0 Å². The highest BCUT2D eigenvalue weighted by Crippen LogP contribution is 2.28. The Morgan fingerprint density at radius 3 is 2.42 bits per heavy atom. The first-order valence-electron chi connectivity index (χ1n) is 6.90. The molecule has 2 N–H and O–H groups in total. The zero-order valence-electron chi connectivity index (χ0n) is 12.5. The summed E-state index contributed by atoms with van der Waals surface area (Å²) in [6.45, 7) is 7.40. The van der Waals surface area contributed by atoms with Crippen LogP contribution in [0.3, 0.4) is 0 Å².